The maximum absolute atomic E-state index is 6.19. The van der Waals surface area contributed by atoms with E-state index in [1.807, 2.05) is 58.2 Å². The van der Waals surface area contributed by atoms with Gasteiger partial charge in [0.25, 0.3) is 0 Å². The average molecular weight is 551 g/mol. The molecule has 8 nitrogen and oxygen atoms in total. The van der Waals surface area contributed by atoms with Crippen LogP contribution in [0.3, 0.4) is 0 Å². The van der Waals surface area contributed by atoms with Crippen LogP contribution in [0, 0.1) is 0 Å². The molecule has 3 aliphatic rings. The zero-order valence-electron chi connectivity index (χ0n) is 24.6. The second-order valence-corrected chi connectivity index (χ2v) is 9.04. The van der Waals surface area contributed by atoms with Gasteiger partial charge in [0.15, 0.2) is 0 Å². The van der Waals surface area contributed by atoms with E-state index in [1.165, 1.54) is 0 Å². The number of ether oxygens (including phenoxy) is 4. The molecule has 1 saturated heterocycles. The number of morpholine rings is 1. The molecule has 0 spiro atoms. The molecule has 0 radical (unpaired) electrons. The van der Waals surface area contributed by atoms with Crippen LogP contribution in [0.15, 0.2) is 59.7 Å². The first kappa shape index (κ1) is 31.3. The minimum absolute atomic E-state index is 0.0817. The molecule has 1 unspecified atom stereocenters. The molecule has 1 aromatic heterocycles. The SMILES string of the molecule is C1=NC2Cc3cc(cc(OCCN4CCOCC4)c3)COC/C=C/CCOc3cc(ccn3)C(=C1)N2.CC.CC. The standard InChI is InChI=1S/C28H34N4O4.2C2H6/c1-2-11-34-21-23-16-22(17-25(18-23)35-15-10-32-8-13-33-14-9-32)19-27-29-7-5-26(31-27)24-4-6-30-28(20-24)36-12-3-1;2*1-2/h1-2,4-7,16-18,20,27,31H,3,8-15,19,21H2;2*1-2H3/b2-1+;;. The number of hydrogen-bond acceptors (Lipinski definition) is 8. The largest absolute Gasteiger partial charge is 0.492 e. The van der Waals surface area contributed by atoms with Crippen LogP contribution < -0.4 is 14.8 Å². The first-order valence-electron chi connectivity index (χ1n) is 14.7. The highest BCUT2D eigenvalue weighted by molar-refractivity contribution is 5.85. The normalized spacial score (nSPS) is 19.9. The molecule has 0 saturated carbocycles. The molecule has 2 aromatic rings. The molecular formula is C32H46N4O4. The summed E-state index contributed by atoms with van der Waals surface area (Å²) < 4.78 is 23.4. The van der Waals surface area contributed by atoms with Crippen molar-refractivity contribution >= 4 is 11.9 Å². The Morgan fingerprint density at radius 3 is 2.65 bits per heavy atom. The Labute approximate surface area is 240 Å². The number of aromatic nitrogens is 1. The van der Waals surface area contributed by atoms with Gasteiger partial charge in [0, 0.05) is 55.8 Å². The second kappa shape index (κ2) is 18.2. The fourth-order valence-corrected chi connectivity index (χ4v) is 4.44. The van der Waals surface area contributed by atoms with Crippen LogP contribution >= 0.6 is 0 Å². The molecule has 1 atom stereocenters. The summed E-state index contributed by atoms with van der Waals surface area (Å²) in [5.74, 6) is 1.49. The number of fused-ring (bicyclic) bond motifs is 7. The van der Waals surface area contributed by atoms with Crippen LogP contribution in [0.2, 0.25) is 0 Å². The van der Waals surface area contributed by atoms with Gasteiger partial charge in [-0.1, -0.05) is 45.9 Å². The summed E-state index contributed by atoms with van der Waals surface area (Å²) in [7, 11) is 0. The quantitative estimate of drug-likeness (QED) is 0.519. The molecule has 40 heavy (non-hydrogen) atoms. The fraction of sp³-hybridized carbons (Fsp3) is 0.500. The maximum atomic E-state index is 6.19. The van der Waals surface area contributed by atoms with Crippen LogP contribution in [-0.2, 0) is 22.5 Å². The molecule has 3 aliphatic heterocycles. The molecule has 5 rings (SSSR count). The van der Waals surface area contributed by atoms with Crippen molar-refractivity contribution in [3.8, 4) is 11.6 Å². The summed E-state index contributed by atoms with van der Waals surface area (Å²) in [6.07, 6.45) is 11.2. The molecule has 0 amide bonds. The van der Waals surface area contributed by atoms with Gasteiger partial charge < -0.3 is 24.3 Å². The number of benzene rings is 1. The maximum Gasteiger partial charge on any atom is 0.213 e. The summed E-state index contributed by atoms with van der Waals surface area (Å²) in [4.78, 5) is 11.4. The lowest BCUT2D eigenvalue weighted by molar-refractivity contribution is 0.0322. The summed E-state index contributed by atoms with van der Waals surface area (Å²) in [5.41, 5.74) is 4.29. The van der Waals surface area contributed by atoms with E-state index < -0.39 is 0 Å². The van der Waals surface area contributed by atoms with Crippen molar-refractivity contribution in [2.24, 2.45) is 4.99 Å². The van der Waals surface area contributed by atoms with Crippen LogP contribution in [0.5, 0.6) is 11.6 Å². The van der Waals surface area contributed by atoms with Gasteiger partial charge in [0.2, 0.25) is 5.88 Å². The third kappa shape index (κ3) is 10.4. The Kier molecular flexibility index (Phi) is 14.3. The smallest absolute Gasteiger partial charge is 0.213 e. The number of allylic oxidation sites excluding steroid dienone is 1. The fourth-order valence-electron chi connectivity index (χ4n) is 4.44. The third-order valence-corrected chi connectivity index (χ3v) is 6.29. The van der Waals surface area contributed by atoms with Crippen LogP contribution in [-0.4, -0.2) is 74.9 Å². The second-order valence-electron chi connectivity index (χ2n) is 9.04. The van der Waals surface area contributed by atoms with Gasteiger partial charge in [-0.3, -0.25) is 9.89 Å². The van der Waals surface area contributed by atoms with Crippen LogP contribution in [0.25, 0.3) is 5.70 Å². The van der Waals surface area contributed by atoms with Crippen molar-refractivity contribution in [1.29, 1.82) is 0 Å². The minimum Gasteiger partial charge on any atom is -0.492 e. The number of rotatable bonds is 4. The molecule has 1 N–H and O–H groups in total. The van der Waals surface area contributed by atoms with Gasteiger partial charge >= 0.3 is 0 Å². The van der Waals surface area contributed by atoms with Gasteiger partial charge in [-0.05, 0) is 41.8 Å². The van der Waals surface area contributed by atoms with Gasteiger partial charge in [-0.15, -0.1) is 0 Å². The summed E-state index contributed by atoms with van der Waals surface area (Å²) in [6, 6.07) is 10.3. The first-order valence-corrected chi connectivity index (χ1v) is 14.7. The highest BCUT2D eigenvalue weighted by atomic mass is 16.5. The number of nitrogens with one attached hydrogen (secondary N) is 1. The summed E-state index contributed by atoms with van der Waals surface area (Å²) in [5, 5.41) is 3.56. The lowest BCUT2D eigenvalue weighted by Crippen LogP contribution is -2.38. The monoisotopic (exact) mass is 550 g/mol. The van der Waals surface area contributed by atoms with E-state index in [0.29, 0.717) is 32.3 Å². The predicted octanol–water partition coefficient (Wildman–Crippen LogP) is 5.28. The Bertz CT molecular complexity index is 1100. The number of hydrogen-bond donors (Lipinski definition) is 1. The zero-order chi connectivity index (χ0) is 28.4. The van der Waals surface area contributed by atoms with E-state index in [0.717, 1.165) is 73.8 Å². The molecular weight excluding hydrogens is 504 g/mol. The molecule has 1 fully saturated rings. The van der Waals surface area contributed by atoms with E-state index in [1.54, 1.807) is 6.20 Å². The third-order valence-electron chi connectivity index (χ3n) is 6.29. The molecule has 1 aromatic carbocycles. The van der Waals surface area contributed by atoms with Gasteiger partial charge in [0.1, 0.15) is 18.5 Å². The zero-order valence-corrected chi connectivity index (χ0v) is 24.6. The van der Waals surface area contributed by atoms with Crippen LogP contribution in [0.4, 0.5) is 0 Å². The lowest BCUT2D eigenvalue weighted by Gasteiger charge is -2.26. The van der Waals surface area contributed by atoms with Crippen molar-refractivity contribution < 1.29 is 18.9 Å². The number of pyridine rings is 1. The van der Waals surface area contributed by atoms with E-state index in [2.05, 4.69) is 44.5 Å². The van der Waals surface area contributed by atoms with E-state index in [-0.39, 0.29) is 6.17 Å². The van der Waals surface area contributed by atoms with Crippen molar-refractivity contribution in [2.45, 2.75) is 53.3 Å². The molecule has 8 heteroatoms. The van der Waals surface area contributed by atoms with Gasteiger partial charge in [-0.25, -0.2) is 4.98 Å². The minimum atomic E-state index is -0.0817. The molecule has 0 aliphatic carbocycles. The van der Waals surface area contributed by atoms with Gasteiger partial charge in [0.05, 0.1) is 33.0 Å². The van der Waals surface area contributed by atoms with Crippen LogP contribution in [0.1, 0.15) is 50.8 Å². The molecule has 6 bridgehead atoms. The summed E-state index contributed by atoms with van der Waals surface area (Å²) >= 11 is 0. The molecule has 218 valence electrons. The topological polar surface area (TPSA) is 77.4 Å². The van der Waals surface area contributed by atoms with Crippen molar-refractivity contribution in [3.05, 3.63) is 71.4 Å². The van der Waals surface area contributed by atoms with E-state index >= 15 is 0 Å². The number of aliphatic imine (C=N–C) groups is 1. The predicted molar refractivity (Wildman–Crippen MR) is 162 cm³/mol. The van der Waals surface area contributed by atoms with Crippen molar-refractivity contribution in [1.82, 2.24) is 15.2 Å². The summed E-state index contributed by atoms with van der Waals surface area (Å²) in [6.45, 7) is 14.7. The van der Waals surface area contributed by atoms with E-state index in [9.17, 15) is 0 Å². The highest BCUT2D eigenvalue weighted by Gasteiger charge is 2.16. The average Bonchev–Trinajstić information content (AvgIpc) is 3.01. The van der Waals surface area contributed by atoms with Gasteiger partial charge in [-0.2, -0.15) is 0 Å². The highest BCUT2D eigenvalue weighted by Crippen LogP contribution is 2.23. The van der Waals surface area contributed by atoms with E-state index in [4.69, 9.17) is 18.9 Å². The number of nitrogens with zero attached hydrogens (tertiary/aromatic N) is 3. The first-order chi connectivity index (χ1) is 19.8. The lowest BCUT2D eigenvalue weighted by atomic mass is 10.0. The Hall–Kier alpha value is -3.20. The Morgan fingerprint density at radius 2 is 1.80 bits per heavy atom. The van der Waals surface area contributed by atoms with Crippen molar-refractivity contribution in [3.63, 3.8) is 0 Å². The Morgan fingerprint density at radius 1 is 0.975 bits per heavy atom. The van der Waals surface area contributed by atoms with Crippen molar-refractivity contribution in [2.75, 3.05) is 52.7 Å². The Balaban J connectivity index is 0.00000106. The molecule has 4 heterocycles.